The third kappa shape index (κ3) is 1.92. The molecule has 2 aliphatic rings. The molecule has 0 spiro atoms. The van der Waals surface area contributed by atoms with Crippen LogP contribution in [0.15, 0.2) is 24.3 Å². The van der Waals surface area contributed by atoms with Crippen molar-refractivity contribution in [1.29, 1.82) is 0 Å². The molecule has 2 nitrogen and oxygen atoms in total. The van der Waals surface area contributed by atoms with E-state index in [1.165, 1.54) is 38.2 Å². The summed E-state index contributed by atoms with van der Waals surface area (Å²) in [5.41, 5.74) is 1.29. The highest BCUT2D eigenvalue weighted by atomic mass is 35.5. The van der Waals surface area contributed by atoms with Crippen LogP contribution in [0.5, 0.6) is 0 Å². The smallest absolute Gasteiger partial charge is 0.0426 e. The Hall–Kier alpha value is -0.730. The lowest BCUT2D eigenvalue weighted by Gasteiger charge is -2.46. The first-order valence-electron chi connectivity index (χ1n) is 6.07. The molecule has 3 rings (SSSR count). The molecular formula is C13H17ClN2. The first-order valence-corrected chi connectivity index (χ1v) is 6.45. The number of halogens is 1. The third-order valence-corrected chi connectivity index (χ3v) is 3.95. The van der Waals surface area contributed by atoms with Crippen molar-refractivity contribution >= 4 is 17.3 Å². The summed E-state index contributed by atoms with van der Waals surface area (Å²) < 4.78 is 0. The molecule has 2 bridgehead atoms. The van der Waals surface area contributed by atoms with Crippen LogP contribution in [-0.2, 0) is 0 Å². The van der Waals surface area contributed by atoms with Crippen LogP contribution in [0.4, 0.5) is 5.69 Å². The van der Waals surface area contributed by atoms with Gasteiger partial charge >= 0.3 is 0 Å². The van der Waals surface area contributed by atoms with Crippen molar-refractivity contribution in [2.75, 3.05) is 31.1 Å². The van der Waals surface area contributed by atoms with E-state index in [0.29, 0.717) is 6.04 Å². The quantitative estimate of drug-likeness (QED) is 0.740. The molecule has 16 heavy (non-hydrogen) atoms. The molecule has 2 atom stereocenters. The van der Waals surface area contributed by atoms with E-state index in [9.17, 15) is 0 Å². The number of piperazine rings is 1. The first-order chi connectivity index (χ1) is 7.83. The van der Waals surface area contributed by atoms with Crippen LogP contribution in [-0.4, -0.2) is 37.1 Å². The summed E-state index contributed by atoms with van der Waals surface area (Å²) in [6.45, 7) is 4.86. The molecule has 3 heteroatoms. The van der Waals surface area contributed by atoms with Crippen molar-refractivity contribution in [3.05, 3.63) is 29.3 Å². The highest BCUT2D eigenvalue weighted by Gasteiger charge is 2.29. The monoisotopic (exact) mass is 236 g/mol. The third-order valence-electron chi connectivity index (χ3n) is 3.72. The van der Waals surface area contributed by atoms with Gasteiger partial charge in [-0.05, 0) is 37.6 Å². The molecule has 2 heterocycles. The highest BCUT2D eigenvalue weighted by molar-refractivity contribution is 6.30. The van der Waals surface area contributed by atoms with Crippen molar-refractivity contribution in [2.45, 2.75) is 18.9 Å². The van der Waals surface area contributed by atoms with Gasteiger partial charge in [0, 0.05) is 36.4 Å². The maximum absolute atomic E-state index is 6.06. The molecule has 2 unspecified atom stereocenters. The number of piperidine rings is 1. The van der Waals surface area contributed by atoms with E-state index in [1.54, 1.807) is 0 Å². The average molecular weight is 237 g/mol. The van der Waals surface area contributed by atoms with Crippen LogP contribution >= 0.6 is 11.6 Å². The van der Waals surface area contributed by atoms with Gasteiger partial charge < -0.3 is 4.90 Å². The van der Waals surface area contributed by atoms with Crippen molar-refractivity contribution in [3.63, 3.8) is 0 Å². The minimum absolute atomic E-state index is 0.695. The summed E-state index contributed by atoms with van der Waals surface area (Å²) in [5.74, 6) is 0. The molecule has 0 aromatic heterocycles. The first kappa shape index (κ1) is 10.4. The maximum atomic E-state index is 6.06. The second-order valence-corrected chi connectivity index (χ2v) is 5.21. The maximum Gasteiger partial charge on any atom is 0.0426 e. The van der Waals surface area contributed by atoms with E-state index in [4.69, 9.17) is 11.6 Å². The zero-order valence-corrected chi connectivity index (χ0v) is 10.2. The SMILES string of the molecule is Clc1cccc(N2CCN3CCCC2C3)c1. The molecule has 2 aliphatic heterocycles. The van der Waals surface area contributed by atoms with Crippen molar-refractivity contribution in [3.8, 4) is 0 Å². The van der Waals surface area contributed by atoms with Gasteiger partial charge in [-0.2, -0.15) is 0 Å². The lowest BCUT2D eigenvalue weighted by atomic mass is 10.0. The van der Waals surface area contributed by atoms with E-state index in [1.807, 2.05) is 12.1 Å². The topological polar surface area (TPSA) is 6.48 Å². The number of rotatable bonds is 1. The number of nitrogens with zero attached hydrogens (tertiary/aromatic N) is 2. The second-order valence-electron chi connectivity index (χ2n) is 4.77. The van der Waals surface area contributed by atoms with Gasteiger partial charge in [0.05, 0.1) is 0 Å². The number of fused-ring (bicyclic) bond motifs is 2. The van der Waals surface area contributed by atoms with Crippen LogP contribution in [0.25, 0.3) is 0 Å². The predicted molar refractivity (Wildman–Crippen MR) is 68.3 cm³/mol. The standard InChI is InChI=1S/C13H17ClN2/c14-11-3-1-4-12(9-11)16-8-7-15-6-2-5-13(16)10-15/h1,3-4,9,13H,2,5-8,10H2. The van der Waals surface area contributed by atoms with Crippen LogP contribution in [0.1, 0.15) is 12.8 Å². The minimum Gasteiger partial charge on any atom is -0.366 e. The summed E-state index contributed by atoms with van der Waals surface area (Å²) in [4.78, 5) is 5.11. The summed E-state index contributed by atoms with van der Waals surface area (Å²) in [5, 5.41) is 0.843. The molecule has 0 radical (unpaired) electrons. The van der Waals surface area contributed by atoms with Gasteiger partial charge in [0.1, 0.15) is 0 Å². The Labute approximate surface area is 102 Å². The number of anilines is 1. The molecule has 0 saturated carbocycles. The van der Waals surface area contributed by atoms with Crippen molar-refractivity contribution < 1.29 is 0 Å². The Bertz CT molecular complexity index is 380. The normalized spacial score (nSPS) is 29.2. The number of hydrogen-bond donors (Lipinski definition) is 0. The van der Waals surface area contributed by atoms with Gasteiger partial charge in [-0.15, -0.1) is 0 Å². The fraction of sp³-hybridized carbons (Fsp3) is 0.538. The summed E-state index contributed by atoms with van der Waals surface area (Å²) in [6.07, 6.45) is 2.66. The van der Waals surface area contributed by atoms with Crippen molar-refractivity contribution in [1.82, 2.24) is 4.90 Å². The fourth-order valence-corrected chi connectivity index (χ4v) is 3.10. The summed E-state index contributed by atoms with van der Waals surface area (Å²) in [6, 6.07) is 8.96. The van der Waals surface area contributed by atoms with E-state index in [0.717, 1.165) is 11.6 Å². The molecule has 2 saturated heterocycles. The van der Waals surface area contributed by atoms with Crippen LogP contribution in [0.3, 0.4) is 0 Å². The molecule has 0 aliphatic carbocycles. The lowest BCUT2D eigenvalue weighted by Crippen LogP contribution is -2.56. The lowest BCUT2D eigenvalue weighted by molar-refractivity contribution is 0.174. The van der Waals surface area contributed by atoms with Gasteiger partial charge in [0.2, 0.25) is 0 Å². The number of hydrogen-bond acceptors (Lipinski definition) is 2. The minimum atomic E-state index is 0.695. The average Bonchev–Trinajstić information content (AvgIpc) is 2.29. The molecule has 2 fully saturated rings. The second kappa shape index (κ2) is 4.27. The highest BCUT2D eigenvalue weighted by Crippen LogP contribution is 2.27. The Kier molecular flexibility index (Phi) is 2.78. The zero-order valence-electron chi connectivity index (χ0n) is 9.40. The Morgan fingerprint density at radius 1 is 1.19 bits per heavy atom. The van der Waals surface area contributed by atoms with E-state index >= 15 is 0 Å². The van der Waals surface area contributed by atoms with E-state index < -0.39 is 0 Å². The van der Waals surface area contributed by atoms with Crippen LogP contribution in [0.2, 0.25) is 5.02 Å². The van der Waals surface area contributed by atoms with E-state index in [-0.39, 0.29) is 0 Å². The summed E-state index contributed by atoms with van der Waals surface area (Å²) >= 11 is 6.06. The van der Waals surface area contributed by atoms with Gasteiger partial charge in [-0.1, -0.05) is 17.7 Å². The predicted octanol–water partition coefficient (Wildman–Crippen LogP) is 2.62. The van der Waals surface area contributed by atoms with Gasteiger partial charge in [-0.25, -0.2) is 0 Å². The molecule has 1 aromatic rings. The van der Waals surface area contributed by atoms with Gasteiger partial charge in [0.15, 0.2) is 0 Å². The Morgan fingerprint density at radius 2 is 2.12 bits per heavy atom. The van der Waals surface area contributed by atoms with Crippen molar-refractivity contribution in [2.24, 2.45) is 0 Å². The molecule has 0 amide bonds. The van der Waals surface area contributed by atoms with Gasteiger partial charge in [0.25, 0.3) is 0 Å². The Morgan fingerprint density at radius 3 is 3.00 bits per heavy atom. The molecule has 1 aromatic carbocycles. The van der Waals surface area contributed by atoms with Gasteiger partial charge in [-0.3, -0.25) is 4.90 Å². The summed E-state index contributed by atoms with van der Waals surface area (Å²) in [7, 11) is 0. The zero-order chi connectivity index (χ0) is 11.0. The largest absolute Gasteiger partial charge is 0.366 e. The number of benzene rings is 1. The molecule has 0 N–H and O–H groups in total. The van der Waals surface area contributed by atoms with E-state index in [2.05, 4.69) is 21.9 Å². The van der Waals surface area contributed by atoms with Crippen LogP contribution < -0.4 is 4.90 Å². The molecule has 86 valence electrons. The fourth-order valence-electron chi connectivity index (χ4n) is 2.92. The molecular weight excluding hydrogens is 220 g/mol. The van der Waals surface area contributed by atoms with Crippen LogP contribution in [0, 0.1) is 0 Å². The Balaban J connectivity index is 1.84.